The van der Waals surface area contributed by atoms with E-state index in [1.165, 1.54) is 42.2 Å². The molecule has 0 aliphatic rings. The number of carbonyl (C=O) groups excluding carboxylic acids is 2. The number of amides is 2. The molecule has 0 heterocycles. The Morgan fingerprint density at radius 2 is 1.55 bits per heavy atom. The topological polar surface area (TPSA) is 86.8 Å². The maximum Gasteiger partial charge on any atom is 0.264 e. The fourth-order valence-corrected chi connectivity index (χ4v) is 5.91. The van der Waals surface area contributed by atoms with Crippen LogP contribution in [0.25, 0.3) is 0 Å². The van der Waals surface area contributed by atoms with E-state index in [-0.39, 0.29) is 38.2 Å². The molecule has 40 heavy (non-hydrogen) atoms. The van der Waals surface area contributed by atoms with E-state index in [2.05, 4.69) is 5.32 Å². The molecule has 0 spiro atoms. The second-order valence-corrected chi connectivity index (χ2v) is 12.2. The van der Waals surface area contributed by atoms with Gasteiger partial charge in [-0.05, 0) is 62.7 Å². The maximum absolute atomic E-state index is 14.0. The van der Waals surface area contributed by atoms with Crippen LogP contribution in [0.1, 0.15) is 32.8 Å². The summed E-state index contributed by atoms with van der Waals surface area (Å²) in [6, 6.07) is 14.5. The molecular formula is C28H29Cl3FN3O4S. The minimum atomic E-state index is -4.32. The third kappa shape index (κ3) is 7.46. The van der Waals surface area contributed by atoms with E-state index in [0.29, 0.717) is 12.0 Å². The van der Waals surface area contributed by atoms with Crippen molar-refractivity contribution in [2.45, 2.75) is 50.7 Å². The van der Waals surface area contributed by atoms with Crippen molar-refractivity contribution >= 4 is 62.3 Å². The number of anilines is 1. The maximum atomic E-state index is 14.0. The number of nitrogens with zero attached hydrogens (tertiary/aromatic N) is 2. The first-order valence-electron chi connectivity index (χ1n) is 12.4. The molecule has 0 aliphatic heterocycles. The first-order valence-corrected chi connectivity index (χ1v) is 15.0. The molecular weight excluding hydrogens is 600 g/mol. The van der Waals surface area contributed by atoms with Crippen molar-refractivity contribution in [3.63, 3.8) is 0 Å². The van der Waals surface area contributed by atoms with Crippen molar-refractivity contribution in [2.24, 2.45) is 0 Å². The molecule has 3 aromatic rings. The van der Waals surface area contributed by atoms with Gasteiger partial charge in [-0.15, -0.1) is 0 Å². The zero-order chi connectivity index (χ0) is 29.6. The number of hydrogen-bond acceptors (Lipinski definition) is 4. The third-order valence-corrected chi connectivity index (χ3v) is 9.15. The number of nitrogens with one attached hydrogen (secondary N) is 1. The van der Waals surface area contributed by atoms with Crippen LogP contribution in [0, 0.1) is 5.82 Å². The first kappa shape index (κ1) is 31.7. The zero-order valence-corrected chi connectivity index (χ0v) is 25.2. The van der Waals surface area contributed by atoms with Crippen molar-refractivity contribution in [2.75, 3.05) is 10.8 Å². The predicted octanol–water partition coefficient (Wildman–Crippen LogP) is 6.31. The zero-order valence-electron chi connectivity index (χ0n) is 22.1. The van der Waals surface area contributed by atoms with Gasteiger partial charge in [0, 0.05) is 28.2 Å². The summed E-state index contributed by atoms with van der Waals surface area (Å²) in [7, 11) is -4.32. The number of benzene rings is 3. The molecule has 12 heteroatoms. The summed E-state index contributed by atoms with van der Waals surface area (Å²) in [6.07, 6.45) is 0.664. The molecule has 3 aromatic carbocycles. The molecule has 0 fully saturated rings. The Hall–Kier alpha value is -2.85. The molecule has 0 bridgehead atoms. The van der Waals surface area contributed by atoms with Crippen molar-refractivity contribution in [3.05, 3.63) is 93.2 Å². The highest BCUT2D eigenvalue weighted by Gasteiger charge is 2.33. The van der Waals surface area contributed by atoms with Crippen molar-refractivity contribution < 1.29 is 22.4 Å². The van der Waals surface area contributed by atoms with E-state index in [4.69, 9.17) is 34.8 Å². The van der Waals surface area contributed by atoms with Gasteiger partial charge >= 0.3 is 0 Å². The van der Waals surface area contributed by atoms with Crippen molar-refractivity contribution in [1.82, 2.24) is 10.2 Å². The molecule has 0 aliphatic carbocycles. The molecule has 0 saturated heterocycles. The van der Waals surface area contributed by atoms with Crippen LogP contribution >= 0.6 is 34.8 Å². The normalized spacial score (nSPS) is 12.9. The molecule has 1 N–H and O–H groups in total. The van der Waals surface area contributed by atoms with Crippen molar-refractivity contribution in [3.8, 4) is 0 Å². The minimum Gasteiger partial charge on any atom is -0.352 e. The Morgan fingerprint density at radius 1 is 0.925 bits per heavy atom. The lowest BCUT2D eigenvalue weighted by molar-refractivity contribution is -0.139. The molecule has 2 atom stereocenters. The number of halogens is 4. The van der Waals surface area contributed by atoms with Gasteiger partial charge in [-0.2, -0.15) is 0 Å². The fourth-order valence-electron chi connectivity index (χ4n) is 3.79. The average Bonchev–Trinajstić information content (AvgIpc) is 2.93. The Labute approximate surface area is 248 Å². The van der Waals surface area contributed by atoms with E-state index in [9.17, 15) is 22.4 Å². The molecule has 214 valence electrons. The SMILES string of the molecule is CCC(C)NC(=O)C(C)N(Cc1c(Cl)cccc1Cl)C(=O)CN(c1ccc(F)c(Cl)c1)S(=O)(=O)c1ccccc1. The van der Waals surface area contributed by atoms with E-state index >= 15 is 0 Å². The molecule has 0 saturated carbocycles. The standard InChI is InChI=1S/C28H29Cl3FN3O4S/c1-4-18(2)33-28(37)19(3)34(16-22-23(29)11-8-12-24(22)30)27(36)17-35(20-13-14-26(32)25(31)15-20)40(38,39)21-9-6-5-7-10-21/h5-15,18-19H,4,16-17H2,1-3H3,(H,33,37). The summed E-state index contributed by atoms with van der Waals surface area (Å²) >= 11 is 18.7. The monoisotopic (exact) mass is 627 g/mol. The van der Waals surface area contributed by atoms with E-state index in [1.54, 1.807) is 24.3 Å². The number of sulfonamides is 1. The summed E-state index contributed by atoms with van der Waals surface area (Å²) in [5.74, 6) is -1.91. The van der Waals surface area contributed by atoms with Gasteiger partial charge in [0.25, 0.3) is 10.0 Å². The highest BCUT2D eigenvalue weighted by atomic mass is 35.5. The molecule has 2 unspecified atom stereocenters. The summed E-state index contributed by atoms with van der Waals surface area (Å²) in [5, 5.41) is 3.08. The van der Waals surface area contributed by atoms with Crippen LogP contribution in [0.3, 0.4) is 0 Å². The summed E-state index contributed by atoms with van der Waals surface area (Å²) in [4.78, 5) is 28.2. The highest BCUT2D eigenvalue weighted by Crippen LogP contribution is 2.30. The highest BCUT2D eigenvalue weighted by molar-refractivity contribution is 7.92. The molecule has 0 aromatic heterocycles. The number of rotatable bonds is 11. The average molecular weight is 629 g/mol. The van der Waals surface area contributed by atoms with Crippen LogP contribution in [0.2, 0.25) is 15.1 Å². The molecule has 2 amide bonds. The smallest absolute Gasteiger partial charge is 0.264 e. The minimum absolute atomic E-state index is 0.0314. The third-order valence-electron chi connectivity index (χ3n) is 6.36. The lowest BCUT2D eigenvalue weighted by Crippen LogP contribution is -2.52. The molecule has 0 radical (unpaired) electrons. The Balaban J connectivity index is 2.08. The van der Waals surface area contributed by atoms with Gasteiger partial charge in [-0.1, -0.05) is 66.0 Å². The Bertz CT molecular complexity index is 1450. The lowest BCUT2D eigenvalue weighted by Gasteiger charge is -2.33. The molecule has 7 nitrogen and oxygen atoms in total. The van der Waals surface area contributed by atoms with Gasteiger partial charge in [0.1, 0.15) is 18.4 Å². The Morgan fingerprint density at radius 3 is 2.12 bits per heavy atom. The summed E-state index contributed by atoms with van der Waals surface area (Å²) < 4.78 is 42.3. The van der Waals surface area contributed by atoms with E-state index in [1.807, 2.05) is 13.8 Å². The van der Waals surface area contributed by atoms with Crippen LogP contribution in [0.15, 0.2) is 71.6 Å². The second kappa shape index (κ2) is 13.7. The summed E-state index contributed by atoms with van der Waals surface area (Å²) in [5.41, 5.74) is 0.362. The number of hydrogen-bond donors (Lipinski definition) is 1. The second-order valence-electron chi connectivity index (χ2n) is 9.14. The quantitative estimate of drug-likeness (QED) is 0.270. The van der Waals surface area contributed by atoms with Crippen LogP contribution in [0.4, 0.5) is 10.1 Å². The van der Waals surface area contributed by atoms with E-state index < -0.39 is 40.2 Å². The van der Waals surface area contributed by atoms with Gasteiger partial charge in [-0.25, -0.2) is 12.8 Å². The van der Waals surface area contributed by atoms with Gasteiger partial charge in [0.05, 0.1) is 15.6 Å². The summed E-state index contributed by atoms with van der Waals surface area (Å²) in [6.45, 7) is 4.37. The fraction of sp³-hybridized carbons (Fsp3) is 0.286. The van der Waals surface area contributed by atoms with Crippen LogP contribution in [0.5, 0.6) is 0 Å². The molecule has 3 rings (SSSR count). The first-order chi connectivity index (χ1) is 18.9. The van der Waals surface area contributed by atoms with Gasteiger partial charge < -0.3 is 10.2 Å². The van der Waals surface area contributed by atoms with Gasteiger partial charge in [0.2, 0.25) is 11.8 Å². The van der Waals surface area contributed by atoms with Crippen LogP contribution in [-0.2, 0) is 26.2 Å². The Kier molecular flexibility index (Phi) is 10.8. The largest absolute Gasteiger partial charge is 0.352 e. The van der Waals surface area contributed by atoms with Crippen molar-refractivity contribution in [1.29, 1.82) is 0 Å². The lowest BCUT2D eigenvalue weighted by atomic mass is 10.1. The predicted molar refractivity (Wildman–Crippen MR) is 157 cm³/mol. The number of carbonyl (C=O) groups is 2. The van der Waals surface area contributed by atoms with Gasteiger partial charge in [0.15, 0.2) is 0 Å². The van der Waals surface area contributed by atoms with Gasteiger partial charge in [-0.3, -0.25) is 13.9 Å². The van der Waals surface area contributed by atoms with E-state index in [0.717, 1.165) is 16.4 Å². The van der Waals surface area contributed by atoms with Crippen LogP contribution < -0.4 is 9.62 Å². The van der Waals surface area contributed by atoms with Crippen LogP contribution in [-0.4, -0.2) is 43.8 Å².